The zero-order chi connectivity index (χ0) is 22.8. The summed E-state index contributed by atoms with van der Waals surface area (Å²) in [6.45, 7) is -1.38. The first-order chi connectivity index (χ1) is 14.6. The van der Waals surface area contributed by atoms with Crippen LogP contribution in [0.5, 0.6) is 0 Å². The molecule has 168 valence electrons. The standard InChI is InChI=1S/C19H18ClF3N2O5S/c20-13-8-12(2-4-14(13)21)24-19(27)11-1-3-15(22)18(7-11)31(28,29)25-5-6-30-10-17(26)16(23)9-25/h1-4,7-8,16-17,26H,5-6,9-10H2,(H,24,27)/t16-,17-/m0/s1. The average Bonchev–Trinajstić information content (AvgIpc) is 2.71. The first kappa shape index (κ1) is 23.5. The Kier molecular flexibility index (Phi) is 7.22. The van der Waals surface area contributed by atoms with Crippen molar-refractivity contribution in [1.82, 2.24) is 4.31 Å². The van der Waals surface area contributed by atoms with Crippen molar-refractivity contribution in [2.45, 2.75) is 17.2 Å². The molecule has 7 nitrogen and oxygen atoms in total. The number of hydrogen-bond acceptors (Lipinski definition) is 5. The summed E-state index contributed by atoms with van der Waals surface area (Å²) in [6.07, 6.45) is -3.46. The van der Waals surface area contributed by atoms with E-state index in [4.69, 9.17) is 16.3 Å². The number of carbonyl (C=O) groups excluding carboxylic acids is 1. The number of halogens is 4. The molecule has 0 unspecified atom stereocenters. The van der Waals surface area contributed by atoms with Crippen molar-refractivity contribution in [2.24, 2.45) is 0 Å². The lowest BCUT2D eigenvalue weighted by Crippen LogP contribution is -2.45. The van der Waals surface area contributed by atoms with Crippen LogP contribution in [0.25, 0.3) is 0 Å². The van der Waals surface area contributed by atoms with Gasteiger partial charge in [-0.15, -0.1) is 0 Å². The molecule has 1 amide bonds. The maximum absolute atomic E-state index is 14.4. The molecule has 2 atom stereocenters. The fourth-order valence-corrected chi connectivity index (χ4v) is 4.56. The Morgan fingerprint density at radius 1 is 1.19 bits per heavy atom. The number of aliphatic hydroxyl groups is 1. The number of ether oxygens (including phenoxy) is 1. The van der Waals surface area contributed by atoms with Crippen LogP contribution in [0.2, 0.25) is 5.02 Å². The molecule has 2 N–H and O–H groups in total. The molecule has 0 aromatic heterocycles. The molecule has 3 rings (SSSR count). The monoisotopic (exact) mass is 478 g/mol. The lowest BCUT2D eigenvalue weighted by Gasteiger charge is -2.28. The minimum atomic E-state index is -4.55. The Labute approximate surface area is 181 Å². The minimum Gasteiger partial charge on any atom is -0.388 e. The SMILES string of the molecule is O=C(Nc1ccc(F)c(Cl)c1)c1ccc(F)c(S(=O)(=O)N2CCOC[C@H](O)[C@@H](F)C2)c1. The molecule has 0 bridgehead atoms. The molecule has 0 saturated carbocycles. The minimum absolute atomic E-state index is 0.129. The second-order valence-electron chi connectivity index (χ2n) is 6.75. The van der Waals surface area contributed by atoms with Gasteiger partial charge in [-0.1, -0.05) is 11.6 Å². The topological polar surface area (TPSA) is 95.9 Å². The summed E-state index contributed by atoms with van der Waals surface area (Å²) < 4.78 is 73.3. The molecular weight excluding hydrogens is 461 g/mol. The normalized spacial score (nSPS) is 20.7. The molecule has 0 aliphatic carbocycles. The van der Waals surface area contributed by atoms with Gasteiger partial charge in [0.25, 0.3) is 5.91 Å². The van der Waals surface area contributed by atoms with Crippen LogP contribution >= 0.6 is 11.6 Å². The number of nitrogens with zero attached hydrogens (tertiary/aromatic N) is 1. The fraction of sp³-hybridized carbons (Fsp3) is 0.316. The highest BCUT2D eigenvalue weighted by Gasteiger charge is 2.34. The molecule has 1 heterocycles. The number of rotatable bonds is 4. The number of amides is 1. The van der Waals surface area contributed by atoms with Crippen molar-refractivity contribution < 1.29 is 36.2 Å². The first-order valence-corrected chi connectivity index (χ1v) is 10.9. The smallest absolute Gasteiger partial charge is 0.255 e. The number of anilines is 1. The number of hydrogen-bond donors (Lipinski definition) is 2. The number of sulfonamides is 1. The zero-order valence-electron chi connectivity index (χ0n) is 15.9. The van der Waals surface area contributed by atoms with E-state index in [1.807, 2.05) is 0 Å². The Morgan fingerprint density at radius 3 is 2.61 bits per heavy atom. The maximum atomic E-state index is 14.4. The Hall–Kier alpha value is -2.18. The molecule has 2 aromatic rings. The van der Waals surface area contributed by atoms with Gasteiger partial charge >= 0.3 is 0 Å². The summed E-state index contributed by atoms with van der Waals surface area (Å²) in [5.74, 6) is -2.63. The molecule has 0 spiro atoms. The summed E-state index contributed by atoms with van der Waals surface area (Å²) in [5, 5.41) is 11.8. The van der Waals surface area contributed by atoms with Gasteiger partial charge in [-0.25, -0.2) is 21.6 Å². The Morgan fingerprint density at radius 2 is 1.90 bits per heavy atom. The van der Waals surface area contributed by atoms with Crippen molar-refractivity contribution in [2.75, 3.05) is 31.6 Å². The zero-order valence-corrected chi connectivity index (χ0v) is 17.5. The van der Waals surface area contributed by atoms with Gasteiger partial charge in [-0.3, -0.25) is 4.79 Å². The van der Waals surface area contributed by atoms with Gasteiger partial charge in [0.1, 0.15) is 28.8 Å². The average molecular weight is 479 g/mol. The summed E-state index contributed by atoms with van der Waals surface area (Å²) in [6, 6.07) is 6.10. The van der Waals surface area contributed by atoms with Crippen LogP contribution in [-0.2, 0) is 14.8 Å². The van der Waals surface area contributed by atoms with Crippen LogP contribution < -0.4 is 5.32 Å². The second-order valence-corrected chi connectivity index (χ2v) is 9.06. The number of aliphatic hydroxyl groups excluding tert-OH is 1. The number of alkyl halides is 1. The quantitative estimate of drug-likeness (QED) is 0.704. The van der Waals surface area contributed by atoms with E-state index < -0.39 is 51.3 Å². The molecule has 1 fully saturated rings. The number of nitrogens with one attached hydrogen (secondary N) is 1. The van der Waals surface area contributed by atoms with E-state index in [9.17, 15) is 31.5 Å². The molecule has 2 aromatic carbocycles. The number of benzene rings is 2. The van der Waals surface area contributed by atoms with Crippen LogP contribution in [-0.4, -0.2) is 62.3 Å². The summed E-state index contributed by atoms with van der Waals surface area (Å²) in [7, 11) is -4.55. The predicted octanol–water partition coefficient (Wildman–Crippen LogP) is 2.59. The molecule has 0 radical (unpaired) electrons. The van der Waals surface area contributed by atoms with Crippen molar-refractivity contribution in [3.05, 3.63) is 58.6 Å². The molecule has 1 aliphatic heterocycles. The summed E-state index contributed by atoms with van der Waals surface area (Å²) >= 11 is 5.66. The van der Waals surface area contributed by atoms with Gasteiger partial charge in [0.2, 0.25) is 10.0 Å². The van der Waals surface area contributed by atoms with Crippen LogP contribution in [0.3, 0.4) is 0 Å². The molecular formula is C19H18ClF3N2O5S. The lowest BCUT2D eigenvalue weighted by atomic mass is 10.2. The van der Waals surface area contributed by atoms with Gasteiger partial charge in [-0.05, 0) is 36.4 Å². The maximum Gasteiger partial charge on any atom is 0.255 e. The summed E-state index contributed by atoms with van der Waals surface area (Å²) in [5.41, 5.74) is -0.0687. The molecule has 1 aliphatic rings. The highest BCUT2D eigenvalue weighted by Crippen LogP contribution is 2.24. The van der Waals surface area contributed by atoms with Crippen molar-refractivity contribution >= 4 is 33.2 Å². The van der Waals surface area contributed by atoms with E-state index in [0.29, 0.717) is 4.31 Å². The molecule has 12 heteroatoms. The predicted molar refractivity (Wildman–Crippen MR) is 106 cm³/mol. The largest absolute Gasteiger partial charge is 0.388 e. The van der Waals surface area contributed by atoms with Crippen LogP contribution in [0.1, 0.15) is 10.4 Å². The van der Waals surface area contributed by atoms with Gasteiger partial charge in [0, 0.05) is 24.3 Å². The number of carbonyl (C=O) groups is 1. The first-order valence-electron chi connectivity index (χ1n) is 9.05. The Bertz CT molecular complexity index is 1090. The lowest BCUT2D eigenvalue weighted by molar-refractivity contribution is -0.0292. The fourth-order valence-electron chi connectivity index (χ4n) is 2.86. The van der Waals surface area contributed by atoms with E-state index in [1.165, 1.54) is 6.07 Å². The van der Waals surface area contributed by atoms with E-state index in [2.05, 4.69) is 5.32 Å². The van der Waals surface area contributed by atoms with E-state index in [1.54, 1.807) is 0 Å². The van der Waals surface area contributed by atoms with Gasteiger partial charge in [-0.2, -0.15) is 4.31 Å². The Balaban J connectivity index is 1.88. The highest BCUT2D eigenvalue weighted by molar-refractivity contribution is 7.89. The van der Waals surface area contributed by atoms with Crippen LogP contribution in [0.4, 0.5) is 18.9 Å². The van der Waals surface area contributed by atoms with Crippen molar-refractivity contribution in [1.29, 1.82) is 0 Å². The summed E-state index contributed by atoms with van der Waals surface area (Å²) in [4.78, 5) is 11.6. The van der Waals surface area contributed by atoms with Crippen LogP contribution in [0.15, 0.2) is 41.3 Å². The molecule has 31 heavy (non-hydrogen) atoms. The van der Waals surface area contributed by atoms with Gasteiger partial charge in [0.15, 0.2) is 0 Å². The van der Waals surface area contributed by atoms with E-state index >= 15 is 0 Å². The van der Waals surface area contributed by atoms with E-state index in [-0.39, 0.29) is 36.0 Å². The molecule has 1 saturated heterocycles. The third kappa shape index (κ3) is 5.36. The van der Waals surface area contributed by atoms with Gasteiger partial charge in [0.05, 0.1) is 18.2 Å². The van der Waals surface area contributed by atoms with Crippen LogP contribution in [0, 0.1) is 11.6 Å². The highest BCUT2D eigenvalue weighted by atomic mass is 35.5. The van der Waals surface area contributed by atoms with Crippen molar-refractivity contribution in [3.8, 4) is 0 Å². The third-order valence-corrected chi connectivity index (χ3v) is 6.73. The van der Waals surface area contributed by atoms with E-state index in [0.717, 1.165) is 30.3 Å². The third-order valence-electron chi connectivity index (χ3n) is 4.56. The van der Waals surface area contributed by atoms with Gasteiger partial charge < -0.3 is 15.2 Å². The second kappa shape index (κ2) is 9.53. The van der Waals surface area contributed by atoms with Crippen molar-refractivity contribution in [3.63, 3.8) is 0 Å².